The number of carbonyl (C=O) groups excluding carboxylic acids is 1. The van der Waals surface area contributed by atoms with Crippen molar-refractivity contribution in [2.45, 2.75) is 38.1 Å². The van der Waals surface area contributed by atoms with E-state index in [4.69, 9.17) is 0 Å². The molecule has 6 heteroatoms. The molecule has 1 saturated carbocycles. The number of pyridine rings is 1. The lowest BCUT2D eigenvalue weighted by molar-refractivity contribution is 0.0591. The normalized spacial score (nSPS) is 16.3. The molecule has 0 radical (unpaired) electrons. The number of rotatable bonds is 2. The van der Waals surface area contributed by atoms with E-state index in [1.165, 1.54) is 4.57 Å². The van der Waals surface area contributed by atoms with E-state index in [2.05, 4.69) is 4.74 Å². The summed E-state index contributed by atoms with van der Waals surface area (Å²) in [6.07, 6.45) is 4.61. The van der Waals surface area contributed by atoms with Crippen LogP contribution in [0.1, 0.15) is 48.5 Å². The highest BCUT2D eigenvalue weighted by Gasteiger charge is 2.26. The summed E-state index contributed by atoms with van der Waals surface area (Å²) < 4.78 is 5.69. The molecule has 0 aliphatic heterocycles. The minimum atomic E-state index is -0.862. The van der Waals surface area contributed by atoms with E-state index in [9.17, 15) is 19.8 Å². The van der Waals surface area contributed by atoms with Gasteiger partial charge in [-0.25, -0.2) is 4.79 Å². The fourth-order valence-electron chi connectivity index (χ4n) is 2.59. The maximum absolute atomic E-state index is 11.9. The Bertz CT molecular complexity index is 543. The Morgan fingerprint density at radius 1 is 1.32 bits per heavy atom. The Morgan fingerprint density at radius 3 is 2.53 bits per heavy atom. The van der Waals surface area contributed by atoms with Gasteiger partial charge in [0.05, 0.1) is 7.11 Å². The number of hydrogen-bond donors (Lipinski definition) is 2. The van der Waals surface area contributed by atoms with Crippen LogP contribution in [-0.4, -0.2) is 27.9 Å². The van der Waals surface area contributed by atoms with Crippen molar-refractivity contribution in [3.63, 3.8) is 0 Å². The van der Waals surface area contributed by atoms with E-state index in [-0.39, 0.29) is 11.6 Å². The van der Waals surface area contributed by atoms with Crippen LogP contribution in [0, 0.1) is 0 Å². The van der Waals surface area contributed by atoms with Crippen LogP contribution < -0.4 is 5.56 Å². The number of aromatic hydroxyl groups is 2. The van der Waals surface area contributed by atoms with Gasteiger partial charge in [-0.3, -0.25) is 9.36 Å². The lowest BCUT2D eigenvalue weighted by Gasteiger charge is -2.25. The summed E-state index contributed by atoms with van der Waals surface area (Å²) in [6, 6.07) is 0.811. The van der Waals surface area contributed by atoms with Gasteiger partial charge in [0.25, 0.3) is 5.56 Å². The summed E-state index contributed by atoms with van der Waals surface area (Å²) >= 11 is 0. The Kier molecular flexibility index (Phi) is 3.78. The fourth-order valence-corrected chi connectivity index (χ4v) is 2.59. The Balaban J connectivity index is 2.54. The van der Waals surface area contributed by atoms with E-state index in [0.717, 1.165) is 45.3 Å². The summed E-state index contributed by atoms with van der Waals surface area (Å²) in [7, 11) is 1.15. The number of hydrogen-bond acceptors (Lipinski definition) is 5. The first-order valence-electron chi connectivity index (χ1n) is 6.32. The van der Waals surface area contributed by atoms with Gasteiger partial charge >= 0.3 is 5.97 Å². The van der Waals surface area contributed by atoms with Crippen LogP contribution in [-0.2, 0) is 4.74 Å². The minimum Gasteiger partial charge on any atom is -0.507 e. The molecule has 0 spiro atoms. The van der Waals surface area contributed by atoms with Crippen molar-refractivity contribution in [3.05, 3.63) is 22.0 Å². The molecule has 1 aromatic rings. The van der Waals surface area contributed by atoms with Crippen molar-refractivity contribution in [1.29, 1.82) is 0 Å². The quantitative estimate of drug-likeness (QED) is 0.794. The third-order valence-corrected chi connectivity index (χ3v) is 3.53. The maximum atomic E-state index is 11.9. The summed E-state index contributed by atoms with van der Waals surface area (Å²) in [5, 5.41) is 19.7. The number of ether oxygens (including phenoxy) is 1. The molecule has 6 nitrogen and oxygen atoms in total. The molecule has 2 rings (SSSR count). The third-order valence-electron chi connectivity index (χ3n) is 3.53. The molecule has 1 heterocycles. The second-order valence-corrected chi connectivity index (χ2v) is 4.72. The van der Waals surface area contributed by atoms with Crippen molar-refractivity contribution in [3.8, 4) is 11.6 Å². The van der Waals surface area contributed by atoms with Crippen molar-refractivity contribution < 1.29 is 19.7 Å². The molecule has 1 fully saturated rings. The second kappa shape index (κ2) is 5.34. The zero-order valence-corrected chi connectivity index (χ0v) is 10.8. The SMILES string of the molecule is COC(=O)c1c(O)cc(=O)n(C2CCCCC2)c1O. The molecule has 2 N–H and O–H groups in total. The van der Waals surface area contributed by atoms with Gasteiger partial charge in [-0.15, -0.1) is 0 Å². The molecule has 1 aliphatic carbocycles. The molecular formula is C13H17NO5. The van der Waals surface area contributed by atoms with Crippen molar-refractivity contribution >= 4 is 5.97 Å². The highest BCUT2D eigenvalue weighted by molar-refractivity contribution is 5.94. The van der Waals surface area contributed by atoms with Gasteiger partial charge in [-0.2, -0.15) is 0 Å². The van der Waals surface area contributed by atoms with E-state index < -0.39 is 23.2 Å². The van der Waals surface area contributed by atoms with Gasteiger partial charge in [0.2, 0.25) is 5.88 Å². The predicted octanol–water partition coefficient (Wildman–Crippen LogP) is 1.55. The molecular weight excluding hydrogens is 250 g/mol. The monoisotopic (exact) mass is 267 g/mol. The zero-order chi connectivity index (χ0) is 14.0. The lowest BCUT2D eigenvalue weighted by Crippen LogP contribution is -2.27. The van der Waals surface area contributed by atoms with Gasteiger partial charge in [0, 0.05) is 12.1 Å². The highest BCUT2D eigenvalue weighted by Crippen LogP contribution is 2.33. The molecule has 104 valence electrons. The van der Waals surface area contributed by atoms with Crippen molar-refractivity contribution in [2.24, 2.45) is 0 Å². The van der Waals surface area contributed by atoms with Crippen LogP contribution in [0.15, 0.2) is 10.9 Å². The molecule has 1 aliphatic rings. The minimum absolute atomic E-state index is 0.134. The summed E-state index contributed by atoms with van der Waals surface area (Å²) in [4.78, 5) is 23.5. The number of carbonyl (C=O) groups is 1. The largest absolute Gasteiger partial charge is 0.507 e. The molecule has 0 bridgehead atoms. The number of esters is 1. The second-order valence-electron chi connectivity index (χ2n) is 4.72. The number of aromatic nitrogens is 1. The van der Waals surface area contributed by atoms with E-state index in [1.807, 2.05) is 0 Å². The van der Waals surface area contributed by atoms with Crippen LogP contribution in [0.25, 0.3) is 0 Å². The first kappa shape index (κ1) is 13.5. The van der Waals surface area contributed by atoms with Crippen molar-refractivity contribution in [1.82, 2.24) is 4.57 Å². The van der Waals surface area contributed by atoms with Crippen LogP contribution in [0.2, 0.25) is 0 Å². The first-order valence-corrected chi connectivity index (χ1v) is 6.32. The summed E-state index contributed by atoms with van der Waals surface area (Å²) in [6.45, 7) is 0. The van der Waals surface area contributed by atoms with E-state index >= 15 is 0 Å². The first-order chi connectivity index (χ1) is 9.06. The summed E-state index contributed by atoms with van der Waals surface area (Å²) in [5.74, 6) is -1.93. The van der Waals surface area contributed by atoms with Crippen molar-refractivity contribution in [2.75, 3.05) is 7.11 Å². The van der Waals surface area contributed by atoms with Crippen LogP contribution >= 0.6 is 0 Å². The van der Waals surface area contributed by atoms with Gasteiger partial charge in [0.15, 0.2) is 5.56 Å². The average Bonchev–Trinajstić information content (AvgIpc) is 2.39. The van der Waals surface area contributed by atoms with Crippen LogP contribution in [0.3, 0.4) is 0 Å². The highest BCUT2D eigenvalue weighted by atomic mass is 16.5. The Labute approximate surface area is 110 Å². The summed E-state index contributed by atoms with van der Waals surface area (Å²) in [5.41, 5.74) is -0.859. The average molecular weight is 267 g/mol. The molecule has 0 amide bonds. The smallest absolute Gasteiger partial charge is 0.347 e. The van der Waals surface area contributed by atoms with E-state index in [1.54, 1.807) is 0 Å². The number of methoxy groups -OCH3 is 1. The third kappa shape index (κ3) is 2.43. The molecule has 0 saturated heterocycles. The lowest BCUT2D eigenvalue weighted by atomic mass is 9.95. The molecule has 19 heavy (non-hydrogen) atoms. The van der Waals surface area contributed by atoms with Gasteiger partial charge < -0.3 is 14.9 Å². The Morgan fingerprint density at radius 2 is 1.95 bits per heavy atom. The van der Waals surface area contributed by atoms with Gasteiger partial charge in [-0.1, -0.05) is 19.3 Å². The van der Waals surface area contributed by atoms with Gasteiger partial charge in [0.1, 0.15) is 5.75 Å². The Hall–Kier alpha value is -1.98. The standard InChI is InChI=1S/C13H17NO5/c1-19-13(18)11-9(15)7-10(16)14(12(11)17)8-5-3-2-4-6-8/h7-8,15,17H,2-6H2,1H3. The molecule has 1 aromatic heterocycles. The zero-order valence-electron chi connectivity index (χ0n) is 10.8. The van der Waals surface area contributed by atoms with Gasteiger partial charge in [-0.05, 0) is 12.8 Å². The topological polar surface area (TPSA) is 88.8 Å². The molecule has 0 aromatic carbocycles. The molecule has 0 unspecified atom stereocenters. The predicted molar refractivity (Wildman–Crippen MR) is 67.5 cm³/mol. The maximum Gasteiger partial charge on any atom is 0.347 e. The number of nitrogens with zero attached hydrogens (tertiary/aromatic N) is 1. The fraction of sp³-hybridized carbons (Fsp3) is 0.538. The van der Waals surface area contributed by atoms with E-state index in [0.29, 0.717) is 0 Å². The van der Waals surface area contributed by atoms with Crippen LogP contribution in [0.5, 0.6) is 11.6 Å². The molecule has 0 atom stereocenters. The van der Waals surface area contributed by atoms with Crippen LogP contribution in [0.4, 0.5) is 0 Å².